The number of rotatable bonds is 24. The highest BCUT2D eigenvalue weighted by atomic mass is 16.6. The number of fused-ring (bicyclic) bond motifs is 2. The van der Waals surface area contributed by atoms with E-state index in [0.717, 1.165) is 22.4 Å². The summed E-state index contributed by atoms with van der Waals surface area (Å²) in [6.45, 7) is 5.06. The monoisotopic (exact) mass is 770 g/mol. The Morgan fingerprint density at radius 1 is 0.764 bits per heavy atom. The molecule has 0 saturated carbocycles. The fourth-order valence-corrected chi connectivity index (χ4v) is 5.81. The molecule has 0 aromatic heterocycles. The lowest BCUT2D eigenvalue weighted by Gasteiger charge is -2.34. The largest absolute Gasteiger partial charge is 0.480 e. The van der Waals surface area contributed by atoms with Crippen LogP contribution in [-0.2, 0) is 49.5 Å². The summed E-state index contributed by atoms with van der Waals surface area (Å²) in [7, 11) is 3.10. The normalized spacial score (nSPS) is 15.5. The predicted molar refractivity (Wildman–Crippen MR) is 205 cm³/mol. The van der Waals surface area contributed by atoms with Crippen molar-refractivity contribution < 1.29 is 48.0 Å². The van der Waals surface area contributed by atoms with E-state index in [0.29, 0.717) is 65.8 Å². The van der Waals surface area contributed by atoms with Crippen molar-refractivity contribution in [2.45, 2.75) is 63.7 Å². The topological polar surface area (TPSA) is 216 Å². The van der Waals surface area contributed by atoms with Crippen LogP contribution in [0.25, 0.3) is 0 Å². The van der Waals surface area contributed by atoms with Crippen molar-refractivity contribution >= 4 is 35.3 Å². The van der Waals surface area contributed by atoms with Crippen LogP contribution in [0, 0.1) is 0 Å². The van der Waals surface area contributed by atoms with Crippen LogP contribution in [0.2, 0.25) is 0 Å². The van der Waals surface area contributed by atoms with Gasteiger partial charge >= 0.3 is 5.97 Å². The number of amides is 4. The maximum Gasteiger partial charge on any atom is 0.326 e. The number of likely N-dealkylation sites (N-methyl/N-ethyl adjacent to an activating group) is 2. The van der Waals surface area contributed by atoms with Gasteiger partial charge in [-0.3, -0.25) is 19.2 Å². The summed E-state index contributed by atoms with van der Waals surface area (Å²) < 4.78 is 22.0. The fourth-order valence-electron chi connectivity index (χ4n) is 5.81. The second kappa shape index (κ2) is 24.1. The molecule has 2 unspecified atom stereocenters. The van der Waals surface area contributed by atoms with Gasteiger partial charge in [0.25, 0.3) is 0 Å². The van der Waals surface area contributed by atoms with Gasteiger partial charge in [0.2, 0.25) is 23.6 Å². The molecule has 0 saturated heterocycles. The molecule has 0 radical (unpaired) electrons. The van der Waals surface area contributed by atoms with Crippen molar-refractivity contribution in [3.63, 3.8) is 0 Å². The average Bonchev–Trinajstić information content (AvgIpc) is 3.18. The molecule has 0 fully saturated rings. The molecule has 1 heterocycles. The summed E-state index contributed by atoms with van der Waals surface area (Å²) in [4.78, 5) is 65.6. The fraction of sp³-hybridized carbons (Fsp3) is 0.564. The molecular weight excluding hydrogens is 712 g/mol. The smallest absolute Gasteiger partial charge is 0.326 e. The third-order valence-electron chi connectivity index (χ3n) is 9.38. The van der Waals surface area contributed by atoms with Crippen molar-refractivity contribution in [3.8, 4) is 0 Å². The van der Waals surface area contributed by atoms with Gasteiger partial charge < -0.3 is 55.5 Å². The lowest BCUT2D eigenvalue weighted by molar-refractivity contribution is -0.148. The second-order valence-corrected chi connectivity index (χ2v) is 13.3. The quantitative estimate of drug-likeness (QED) is 0.112. The van der Waals surface area contributed by atoms with E-state index in [1.54, 1.807) is 11.9 Å². The molecule has 0 spiro atoms. The van der Waals surface area contributed by atoms with Gasteiger partial charge in [0.05, 0.1) is 65.4 Å². The Morgan fingerprint density at radius 2 is 1.31 bits per heavy atom. The molecule has 2 aromatic rings. The number of aliphatic carboxylic acids is 1. The van der Waals surface area contributed by atoms with Gasteiger partial charge in [-0.1, -0.05) is 42.5 Å². The maximum atomic E-state index is 13.4. The Hall–Kier alpha value is -4.45. The van der Waals surface area contributed by atoms with Gasteiger partial charge in [-0.2, -0.15) is 0 Å². The molecule has 3 atom stereocenters. The Labute approximate surface area is 323 Å². The van der Waals surface area contributed by atoms with E-state index >= 15 is 0 Å². The Bertz CT molecular complexity index is 1540. The third kappa shape index (κ3) is 15.0. The highest BCUT2D eigenvalue weighted by Crippen LogP contribution is 2.37. The number of nitrogens with two attached hydrogens (primary N) is 2. The van der Waals surface area contributed by atoms with Crippen molar-refractivity contribution in [2.24, 2.45) is 11.5 Å². The Morgan fingerprint density at radius 3 is 1.96 bits per heavy atom. The molecular formula is C39H58N6O10. The minimum atomic E-state index is -1.08. The van der Waals surface area contributed by atoms with Crippen molar-refractivity contribution in [2.75, 3.05) is 84.9 Å². The number of ether oxygens (including phenoxy) is 4. The summed E-state index contributed by atoms with van der Waals surface area (Å²) in [6, 6.07) is 13.5. The Kier molecular flexibility index (Phi) is 19.7. The summed E-state index contributed by atoms with van der Waals surface area (Å²) >= 11 is 0. The summed E-state index contributed by atoms with van der Waals surface area (Å²) in [5, 5.41) is 11.8. The van der Waals surface area contributed by atoms with Crippen LogP contribution in [0.1, 0.15) is 67.8 Å². The zero-order chi connectivity index (χ0) is 40.2. The van der Waals surface area contributed by atoms with E-state index in [1.165, 1.54) is 23.8 Å². The lowest BCUT2D eigenvalue weighted by atomic mass is 9.88. The van der Waals surface area contributed by atoms with Crippen LogP contribution in [0.3, 0.4) is 0 Å². The first-order chi connectivity index (χ1) is 26.4. The van der Waals surface area contributed by atoms with Crippen LogP contribution in [0.5, 0.6) is 0 Å². The minimum Gasteiger partial charge on any atom is -0.480 e. The van der Waals surface area contributed by atoms with Gasteiger partial charge in [-0.25, -0.2) is 4.79 Å². The maximum absolute atomic E-state index is 13.4. The van der Waals surface area contributed by atoms with Crippen molar-refractivity contribution in [1.29, 1.82) is 0 Å². The highest BCUT2D eigenvalue weighted by molar-refractivity contribution is 5.95. The van der Waals surface area contributed by atoms with E-state index < -0.39 is 24.1 Å². The number of nitrogens with zero attached hydrogens (tertiary/aromatic N) is 3. The molecule has 6 N–H and O–H groups in total. The van der Waals surface area contributed by atoms with Crippen LogP contribution in [0.15, 0.2) is 48.5 Å². The van der Waals surface area contributed by atoms with E-state index in [2.05, 4.69) is 5.32 Å². The van der Waals surface area contributed by atoms with Gasteiger partial charge in [0.1, 0.15) is 6.04 Å². The molecule has 0 bridgehead atoms. The van der Waals surface area contributed by atoms with Gasteiger partial charge in [-0.05, 0) is 36.1 Å². The highest BCUT2D eigenvalue weighted by Gasteiger charge is 2.30. The van der Waals surface area contributed by atoms with E-state index in [-0.39, 0.29) is 62.5 Å². The zero-order valence-corrected chi connectivity index (χ0v) is 32.3. The number of carbonyl (C=O) groups excluding carboxylic acids is 4. The van der Waals surface area contributed by atoms with Gasteiger partial charge in [-0.15, -0.1) is 0 Å². The van der Waals surface area contributed by atoms with Crippen LogP contribution >= 0.6 is 0 Å². The van der Waals surface area contributed by atoms with Crippen molar-refractivity contribution in [3.05, 3.63) is 65.2 Å². The number of hydrogen-bond donors (Lipinski definition) is 4. The van der Waals surface area contributed by atoms with Crippen LogP contribution < -0.4 is 21.7 Å². The summed E-state index contributed by atoms with van der Waals surface area (Å²) in [5.41, 5.74) is 16.5. The number of carbonyl (C=O) groups is 5. The number of anilines is 1. The number of carboxylic acid groups (broad SMARTS) is 1. The van der Waals surface area contributed by atoms with Crippen molar-refractivity contribution in [1.82, 2.24) is 15.1 Å². The molecule has 0 aliphatic carbocycles. The first kappa shape index (κ1) is 44.9. The first-order valence-electron chi connectivity index (χ1n) is 18.7. The molecule has 3 rings (SSSR count). The summed E-state index contributed by atoms with van der Waals surface area (Å²) in [5.74, 6) is -1.86. The standard InChI is InChI=1S/C39H58N6O10/c1-28(39(50)51)44(3)35(48)14-8-13-34(47)43(2)18-20-53-22-24-55-26-25-54-23-21-52-19-16-33(46)42-17-15-36(49)45-27-29-9-4-5-10-30(29)37(40)38(41)31-11-6-7-12-32(31)45/h4-7,9-12,28,37-38H,8,13-27,40-41H2,1-3H3,(H,42,46)(H,50,51)/t28-,37?,38?/m0/s1. The second-order valence-electron chi connectivity index (χ2n) is 13.3. The number of nitrogens with one attached hydrogen (secondary N) is 1. The summed E-state index contributed by atoms with van der Waals surface area (Å²) in [6.07, 6.45) is 0.897. The Balaban J connectivity index is 1.16. The van der Waals surface area contributed by atoms with Crippen LogP contribution in [-0.4, -0.2) is 131 Å². The number of para-hydroxylation sites is 1. The number of carboxylic acids is 1. The molecule has 304 valence electrons. The van der Waals surface area contributed by atoms with E-state index in [4.69, 9.17) is 35.5 Å². The molecule has 1 aliphatic heterocycles. The number of benzene rings is 2. The number of hydrogen-bond acceptors (Lipinski definition) is 11. The third-order valence-corrected chi connectivity index (χ3v) is 9.38. The molecule has 1 aliphatic rings. The molecule has 4 amide bonds. The molecule has 16 heteroatoms. The van der Waals surface area contributed by atoms with Crippen LogP contribution in [0.4, 0.5) is 5.69 Å². The minimum absolute atomic E-state index is 0.101. The zero-order valence-electron chi connectivity index (χ0n) is 32.3. The van der Waals surface area contributed by atoms with Gasteiger partial charge in [0.15, 0.2) is 0 Å². The molecule has 55 heavy (non-hydrogen) atoms. The van der Waals surface area contributed by atoms with E-state index in [1.807, 2.05) is 48.5 Å². The molecule has 2 aromatic carbocycles. The molecule has 16 nitrogen and oxygen atoms in total. The average molecular weight is 771 g/mol. The van der Waals surface area contributed by atoms with E-state index in [9.17, 15) is 24.0 Å². The van der Waals surface area contributed by atoms with Gasteiger partial charge in [0, 0.05) is 64.6 Å². The lowest BCUT2D eigenvalue weighted by Crippen LogP contribution is -2.40. The predicted octanol–water partition coefficient (Wildman–Crippen LogP) is 1.76. The SMILES string of the molecule is C[C@@H](C(=O)O)N(C)C(=O)CCCC(=O)N(C)CCOCCOCCOCCOCCC(=O)NCCC(=O)N1Cc2ccccc2C(N)C(N)c2ccccc21. The first-order valence-corrected chi connectivity index (χ1v) is 18.7.